The fourth-order valence-electron chi connectivity index (χ4n) is 3.81. The summed E-state index contributed by atoms with van der Waals surface area (Å²) in [6.45, 7) is 2.08. The van der Waals surface area contributed by atoms with Crippen LogP contribution in [0.5, 0.6) is 0 Å². The Morgan fingerprint density at radius 3 is 2.53 bits per heavy atom. The Morgan fingerprint density at radius 1 is 1.00 bits per heavy atom. The van der Waals surface area contributed by atoms with Gasteiger partial charge in [0.1, 0.15) is 11.9 Å². The molecule has 5 rings (SSSR count). The molecule has 1 saturated heterocycles. The van der Waals surface area contributed by atoms with Crippen molar-refractivity contribution in [2.75, 3.05) is 18.0 Å². The van der Waals surface area contributed by atoms with E-state index in [1.807, 2.05) is 48.5 Å². The second-order valence-electron chi connectivity index (χ2n) is 7.40. The highest BCUT2D eigenvalue weighted by molar-refractivity contribution is 7.17. The van der Waals surface area contributed by atoms with Gasteiger partial charge >= 0.3 is 0 Å². The van der Waals surface area contributed by atoms with Gasteiger partial charge in [-0.1, -0.05) is 53.8 Å². The molecule has 1 aliphatic rings. The van der Waals surface area contributed by atoms with E-state index in [9.17, 15) is 5.26 Å². The number of fused-ring (bicyclic) bond motifs is 1. The van der Waals surface area contributed by atoms with E-state index in [2.05, 4.69) is 33.1 Å². The third-order valence-electron chi connectivity index (χ3n) is 5.36. The number of rotatable bonds is 4. The number of nitrogens with one attached hydrogen (secondary N) is 1. The molecule has 0 amide bonds. The van der Waals surface area contributed by atoms with Crippen molar-refractivity contribution in [2.24, 2.45) is 0 Å². The van der Waals surface area contributed by atoms with Crippen molar-refractivity contribution in [1.29, 1.82) is 5.26 Å². The topological polar surface area (TPSA) is 68.6 Å². The molecule has 148 valence electrons. The summed E-state index contributed by atoms with van der Waals surface area (Å²) in [7, 11) is 0. The molecule has 0 aliphatic carbocycles. The lowest BCUT2D eigenvalue weighted by atomic mass is 10.1. The van der Waals surface area contributed by atoms with Gasteiger partial charge in [0.05, 0.1) is 27.2 Å². The number of hydrogen-bond donors (Lipinski definition) is 1. The van der Waals surface area contributed by atoms with Gasteiger partial charge in [-0.3, -0.25) is 0 Å². The van der Waals surface area contributed by atoms with Crippen molar-refractivity contribution in [1.82, 2.24) is 15.0 Å². The molecule has 1 aliphatic heterocycles. The van der Waals surface area contributed by atoms with E-state index >= 15 is 0 Å². The number of nitriles is 1. The third kappa shape index (κ3) is 3.60. The summed E-state index contributed by atoms with van der Waals surface area (Å²) >= 11 is 1.65. The number of para-hydroxylation sites is 2. The zero-order valence-corrected chi connectivity index (χ0v) is 17.3. The lowest BCUT2D eigenvalue weighted by Gasteiger charge is -2.25. The first-order valence-corrected chi connectivity index (χ1v) is 11.0. The number of anilines is 1. The highest BCUT2D eigenvalue weighted by Crippen LogP contribution is 2.36. The van der Waals surface area contributed by atoms with Crippen LogP contribution in [-0.2, 0) is 0 Å². The van der Waals surface area contributed by atoms with Crippen LogP contribution in [0.25, 0.3) is 33.9 Å². The minimum atomic E-state index is 0.511. The van der Waals surface area contributed by atoms with Crippen LogP contribution in [-0.4, -0.2) is 28.0 Å². The molecule has 0 saturated carbocycles. The van der Waals surface area contributed by atoms with E-state index in [4.69, 9.17) is 4.98 Å². The standard InChI is InChI=1S/C24H21N5S/c25-16-18(23-26-19-11-5-6-12-20(19)27-23)15-21-22(17-9-3-1-4-10-17)28-24(30-21)29-13-7-2-8-14-29/h1,3-6,9-12,15H,2,7-8,13-14H2,(H,26,27)/b18-15-. The molecular weight excluding hydrogens is 390 g/mol. The summed E-state index contributed by atoms with van der Waals surface area (Å²) in [5.74, 6) is 0.589. The first-order chi connectivity index (χ1) is 14.8. The number of aromatic amines is 1. The molecule has 0 bridgehead atoms. The minimum Gasteiger partial charge on any atom is -0.348 e. The van der Waals surface area contributed by atoms with Crippen molar-refractivity contribution in [3.05, 3.63) is 65.3 Å². The van der Waals surface area contributed by atoms with Gasteiger partial charge in [-0.2, -0.15) is 5.26 Å². The Balaban J connectivity index is 1.60. The number of hydrogen-bond acceptors (Lipinski definition) is 5. The minimum absolute atomic E-state index is 0.511. The van der Waals surface area contributed by atoms with Crippen molar-refractivity contribution in [3.8, 4) is 17.3 Å². The summed E-state index contributed by atoms with van der Waals surface area (Å²) in [5.41, 5.74) is 4.28. The van der Waals surface area contributed by atoms with Gasteiger partial charge in [-0.15, -0.1) is 0 Å². The van der Waals surface area contributed by atoms with Crippen LogP contribution in [0.2, 0.25) is 0 Å². The summed E-state index contributed by atoms with van der Waals surface area (Å²) in [5, 5.41) is 10.9. The van der Waals surface area contributed by atoms with Crippen molar-refractivity contribution < 1.29 is 0 Å². The summed E-state index contributed by atoms with van der Waals surface area (Å²) < 4.78 is 0. The molecule has 2 aromatic carbocycles. The number of aromatic nitrogens is 3. The molecule has 4 aromatic rings. The highest BCUT2D eigenvalue weighted by Gasteiger charge is 2.19. The molecule has 2 aromatic heterocycles. The zero-order chi connectivity index (χ0) is 20.3. The van der Waals surface area contributed by atoms with Gasteiger partial charge in [0.15, 0.2) is 5.13 Å². The smallest absolute Gasteiger partial charge is 0.186 e. The maximum atomic E-state index is 9.88. The molecule has 1 fully saturated rings. The average Bonchev–Trinajstić information content (AvgIpc) is 3.43. The maximum absolute atomic E-state index is 9.88. The third-order valence-corrected chi connectivity index (χ3v) is 6.42. The Hall–Kier alpha value is -3.43. The molecule has 0 atom stereocenters. The number of nitrogens with zero attached hydrogens (tertiary/aromatic N) is 4. The van der Waals surface area contributed by atoms with E-state index in [-0.39, 0.29) is 0 Å². The molecule has 1 N–H and O–H groups in total. The Kier molecular flexibility index (Phi) is 5.04. The molecule has 3 heterocycles. The van der Waals surface area contributed by atoms with Crippen LogP contribution in [0.1, 0.15) is 30.0 Å². The Labute approximate surface area is 179 Å². The summed E-state index contributed by atoms with van der Waals surface area (Å²) in [6, 6.07) is 20.3. The highest BCUT2D eigenvalue weighted by atomic mass is 32.1. The number of piperidine rings is 1. The number of thiazole rings is 1. The SMILES string of the molecule is N#C/C(=C/c1sc(N2CCCCC2)nc1-c1ccccc1)c1nc2ccccc2[nH]1. The van der Waals surface area contributed by atoms with Crippen LogP contribution in [0.3, 0.4) is 0 Å². The number of benzene rings is 2. The van der Waals surface area contributed by atoms with Gasteiger partial charge in [-0.25, -0.2) is 9.97 Å². The van der Waals surface area contributed by atoms with Crippen LogP contribution < -0.4 is 4.90 Å². The fraction of sp³-hybridized carbons (Fsp3) is 0.208. The summed E-state index contributed by atoms with van der Waals surface area (Å²) in [6.07, 6.45) is 5.61. The monoisotopic (exact) mass is 411 g/mol. The van der Waals surface area contributed by atoms with E-state index in [0.717, 1.165) is 45.4 Å². The van der Waals surface area contributed by atoms with Crippen LogP contribution in [0, 0.1) is 11.3 Å². The quantitative estimate of drug-likeness (QED) is 0.435. The van der Waals surface area contributed by atoms with Crippen molar-refractivity contribution >= 4 is 39.2 Å². The molecule has 0 unspecified atom stereocenters. The lowest BCUT2D eigenvalue weighted by molar-refractivity contribution is 0.577. The first-order valence-electron chi connectivity index (χ1n) is 10.2. The predicted octanol–water partition coefficient (Wildman–Crippen LogP) is 5.74. The van der Waals surface area contributed by atoms with E-state index < -0.39 is 0 Å². The van der Waals surface area contributed by atoms with Crippen LogP contribution >= 0.6 is 11.3 Å². The van der Waals surface area contributed by atoms with Crippen LogP contribution in [0.15, 0.2) is 54.6 Å². The predicted molar refractivity (Wildman–Crippen MR) is 123 cm³/mol. The van der Waals surface area contributed by atoms with Gasteiger partial charge in [0.2, 0.25) is 0 Å². The molecule has 6 heteroatoms. The van der Waals surface area contributed by atoms with E-state index in [0.29, 0.717) is 11.4 Å². The van der Waals surface area contributed by atoms with Crippen molar-refractivity contribution in [2.45, 2.75) is 19.3 Å². The second-order valence-corrected chi connectivity index (χ2v) is 8.40. The molecular formula is C24H21N5S. The first kappa shape index (κ1) is 18.6. The van der Waals surface area contributed by atoms with Gasteiger partial charge < -0.3 is 9.88 Å². The lowest BCUT2D eigenvalue weighted by Crippen LogP contribution is -2.29. The van der Waals surface area contributed by atoms with E-state index in [1.54, 1.807) is 11.3 Å². The summed E-state index contributed by atoms with van der Waals surface area (Å²) in [4.78, 5) is 16.2. The normalized spacial score (nSPS) is 14.8. The van der Waals surface area contributed by atoms with E-state index in [1.165, 1.54) is 19.3 Å². The van der Waals surface area contributed by atoms with Gasteiger partial charge in [0.25, 0.3) is 0 Å². The molecule has 30 heavy (non-hydrogen) atoms. The Bertz CT molecular complexity index is 1210. The number of H-pyrrole nitrogens is 1. The number of allylic oxidation sites excluding steroid dienone is 1. The van der Waals surface area contributed by atoms with Crippen molar-refractivity contribution in [3.63, 3.8) is 0 Å². The molecule has 0 spiro atoms. The largest absolute Gasteiger partial charge is 0.348 e. The number of imidazole rings is 1. The Morgan fingerprint density at radius 2 is 1.77 bits per heavy atom. The second kappa shape index (κ2) is 8.13. The zero-order valence-electron chi connectivity index (χ0n) is 16.5. The molecule has 5 nitrogen and oxygen atoms in total. The fourth-order valence-corrected chi connectivity index (χ4v) is 4.89. The van der Waals surface area contributed by atoms with Gasteiger partial charge in [0, 0.05) is 18.7 Å². The van der Waals surface area contributed by atoms with Crippen LogP contribution in [0.4, 0.5) is 5.13 Å². The average molecular weight is 412 g/mol. The van der Waals surface area contributed by atoms with Gasteiger partial charge in [-0.05, 0) is 37.5 Å². The molecule has 0 radical (unpaired) electrons. The maximum Gasteiger partial charge on any atom is 0.186 e.